The molecule has 108 valence electrons. The number of benzene rings is 2. The van der Waals surface area contributed by atoms with E-state index in [1.165, 1.54) is 0 Å². The van der Waals surface area contributed by atoms with Crippen LogP contribution in [0.15, 0.2) is 42.5 Å². The van der Waals surface area contributed by atoms with Crippen molar-refractivity contribution >= 4 is 34.2 Å². The summed E-state index contributed by atoms with van der Waals surface area (Å²) in [5, 5.41) is 1.18. The Morgan fingerprint density at radius 1 is 1.10 bits per heavy atom. The van der Waals surface area contributed by atoms with Crippen LogP contribution in [0.2, 0.25) is 10.0 Å². The van der Waals surface area contributed by atoms with E-state index in [4.69, 9.17) is 28.9 Å². The van der Waals surface area contributed by atoms with Gasteiger partial charge in [0.25, 0.3) is 0 Å². The molecule has 0 bridgehead atoms. The largest absolute Gasteiger partial charge is 0.331 e. The number of hydrogen-bond acceptors (Lipinski definition) is 2. The molecule has 1 unspecified atom stereocenters. The SMILES string of the molecule is Cn1c(CC(N)c2c(Cl)cccc2Cl)nc2ccccc21. The van der Waals surface area contributed by atoms with Crippen LogP contribution in [0.25, 0.3) is 11.0 Å². The second-order valence-electron chi connectivity index (χ2n) is 5.02. The topological polar surface area (TPSA) is 43.8 Å². The van der Waals surface area contributed by atoms with E-state index in [0.717, 1.165) is 22.4 Å². The van der Waals surface area contributed by atoms with Crippen LogP contribution in [0.3, 0.4) is 0 Å². The van der Waals surface area contributed by atoms with Crippen molar-refractivity contribution in [3.8, 4) is 0 Å². The number of aryl methyl sites for hydroxylation is 1. The molecule has 5 heteroatoms. The van der Waals surface area contributed by atoms with E-state index in [-0.39, 0.29) is 6.04 Å². The van der Waals surface area contributed by atoms with Gasteiger partial charge in [-0.25, -0.2) is 4.98 Å². The summed E-state index contributed by atoms with van der Waals surface area (Å²) in [7, 11) is 1.99. The smallest absolute Gasteiger partial charge is 0.111 e. The van der Waals surface area contributed by atoms with Gasteiger partial charge in [0.1, 0.15) is 5.82 Å². The maximum Gasteiger partial charge on any atom is 0.111 e. The molecule has 0 aliphatic heterocycles. The van der Waals surface area contributed by atoms with Crippen molar-refractivity contribution in [2.24, 2.45) is 12.8 Å². The van der Waals surface area contributed by atoms with E-state index in [2.05, 4.69) is 9.55 Å². The third-order valence-electron chi connectivity index (χ3n) is 3.65. The quantitative estimate of drug-likeness (QED) is 0.789. The van der Waals surface area contributed by atoms with Crippen molar-refractivity contribution in [2.75, 3.05) is 0 Å². The number of imidazole rings is 1. The fourth-order valence-electron chi connectivity index (χ4n) is 2.54. The molecule has 0 saturated carbocycles. The van der Waals surface area contributed by atoms with Crippen LogP contribution >= 0.6 is 23.2 Å². The number of halogens is 2. The molecule has 0 aliphatic rings. The Morgan fingerprint density at radius 3 is 2.43 bits per heavy atom. The van der Waals surface area contributed by atoms with Gasteiger partial charge in [-0.2, -0.15) is 0 Å². The number of para-hydroxylation sites is 2. The predicted octanol–water partition coefficient (Wildman–Crippen LogP) is 4.12. The van der Waals surface area contributed by atoms with Crippen molar-refractivity contribution in [3.05, 3.63) is 63.9 Å². The maximum atomic E-state index is 6.30. The summed E-state index contributed by atoms with van der Waals surface area (Å²) in [4.78, 5) is 4.63. The van der Waals surface area contributed by atoms with Gasteiger partial charge in [0.2, 0.25) is 0 Å². The fourth-order valence-corrected chi connectivity index (χ4v) is 3.22. The molecule has 0 saturated heterocycles. The molecule has 0 fully saturated rings. The van der Waals surface area contributed by atoms with Crippen LogP contribution < -0.4 is 5.73 Å². The minimum atomic E-state index is -0.290. The normalized spacial score (nSPS) is 12.8. The second-order valence-corrected chi connectivity index (χ2v) is 5.84. The van der Waals surface area contributed by atoms with Crippen molar-refractivity contribution < 1.29 is 0 Å². The van der Waals surface area contributed by atoms with Gasteiger partial charge in [0.05, 0.1) is 11.0 Å². The van der Waals surface area contributed by atoms with Crippen molar-refractivity contribution in [3.63, 3.8) is 0 Å². The average molecular weight is 320 g/mol. The van der Waals surface area contributed by atoms with Crippen molar-refractivity contribution in [2.45, 2.75) is 12.5 Å². The lowest BCUT2D eigenvalue weighted by atomic mass is 10.0. The highest BCUT2D eigenvalue weighted by molar-refractivity contribution is 6.36. The van der Waals surface area contributed by atoms with Gasteiger partial charge < -0.3 is 10.3 Å². The maximum absolute atomic E-state index is 6.30. The zero-order valence-corrected chi connectivity index (χ0v) is 13.1. The average Bonchev–Trinajstić information content (AvgIpc) is 2.76. The Hall–Kier alpha value is -1.55. The molecule has 0 radical (unpaired) electrons. The van der Waals surface area contributed by atoms with Gasteiger partial charge in [0.15, 0.2) is 0 Å². The van der Waals surface area contributed by atoms with Crippen LogP contribution in [0.5, 0.6) is 0 Å². The molecule has 3 nitrogen and oxygen atoms in total. The number of nitrogens with two attached hydrogens (primary N) is 1. The van der Waals surface area contributed by atoms with Gasteiger partial charge in [-0.15, -0.1) is 0 Å². The molecule has 0 spiro atoms. The van der Waals surface area contributed by atoms with Gasteiger partial charge >= 0.3 is 0 Å². The molecule has 1 atom stereocenters. The Balaban J connectivity index is 1.97. The Labute approximate surface area is 133 Å². The third kappa shape index (κ3) is 2.64. The summed E-state index contributed by atoms with van der Waals surface area (Å²) in [6, 6.07) is 13.1. The molecule has 2 N–H and O–H groups in total. The molecular weight excluding hydrogens is 305 g/mol. The van der Waals surface area contributed by atoms with E-state index < -0.39 is 0 Å². The van der Waals surface area contributed by atoms with Crippen LogP contribution in [-0.4, -0.2) is 9.55 Å². The molecule has 21 heavy (non-hydrogen) atoms. The summed E-state index contributed by atoms with van der Waals surface area (Å²) in [5.41, 5.74) is 9.12. The van der Waals surface area contributed by atoms with Gasteiger partial charge in [-0.3, -0.25) is 0 Å². The zero-order valence-electron chi connectivity index (χ0n) is 11.6. The predicted molar refractivity (Wildman–Crippen MR) is 87.8 cm³/mol. The lowest BCUT2D eigenvalue weighted by molar-refractivity contribution is 0.665. The summed E-state index contributed by atoms with van der Waals surface area (Å²) < 4.78 is 2.06. The summed E-state index contributed by atoms with van der Waals surface area (Å²) in [5.74, 6) is 0.916. The lowest BCUT2D eigenvalue weighted by Crippen LogP contribution is -2.16. The molecule has 1 aromatic heterocycles. The van der Waals surface area contributed by atoms with Gasteiger partial charge in [-0.05, 0) is 24.3 Å². The van der Waals surface area contributed by atoms with Crippen LogP contribution in [0, 0.1) is 0 Å². The zero-order chi connectivity index (χ0) is 15.0. The molecular formula is C16H15Cl2N3. The molecule has 3 rings (SSSR count). The van der Waals surface area contributed by atoms with Crippen molar-refractivity contribution in [1.29, 1.82) is 0 Å². The van der Waals surface area contributed by atoms with E-state index in [9.17, 15) is 0 Å². The summed E-state index contributed by atoms with van der Waals surface area (Å²) in [6.07, 6.45) is 0.578. The number of aromatic nitrogens is 2. The first-order valence-corrected chi connectivity index (χ1v) is 7.43. The molecule has 2 aromatic carbocycles. The number of nitrogens with zero attached hydrogens (tertiary/aromatic N) is 2. The lowest BCUT2D eigenvalue weighted by Gasteiger charge is -2.15. The molecule has 1 heterocycles. The minimum absolute atomic E-state index is 0.290. The molecule has 3 aromatic rings. The van der Waals surface area contributed by atoms with E-state index in [0.29, 0.717) is 16.5 Å². The standard InChI is InChI=1S/C16H15Cl2N3/c1-21-14-8-3-2-7-13(14)20-15(21)9-12(19)16-10(17)5-4-6-11(16)18/h2-8,12H,9,19H2,1H3. The van der Waals surface area contributed by atoms with E-state index in [1.54, 1.807) is 12.1 Å². The van der Waals surface area contributed by atoms with Crippen LogP contribution in [0.1, 0.15) is 17.4 Å². The first-order chi connectivity index (χ1) is 10.1. The monoisotopic (exact) mass is 319 g/mol. The van der Waals surface area contributed by atoms with Crippen molar-refractivity contribution in [1.82, 2.24) is 9.55 Å². The number of rotatable bonds is 3. The molecule has 0 amide bonds. The highest BCUT2D eigenvalue weighted by atomic mass is 35.5. The number of fused-ring (bicyclic) bond motifs is 1. The van der Waals surface area contributed by atoms with Gasteiger partial charge in [-0.1, -0.05) is 41.4 Å². The molecule has 0 aliphatic carbocycles. The van der Waals surface area contributed by atoms with Crippen LogP contribution in [0.4, 0.5) is 0 Å². The first-order valence-electron chi connectivity index (χ1n) is 6.67. The third-order valence-corrected chi connectivity index (χ3v) is 4.31. The highest BCUT2D eigenvalue weighted by Crippen LogP contribution is 2.31. The first kappa shape index (κ1) is 14.4. The van der Waals surface area contributed by atoms with Crippen LogP contribution in [-0.2, 0) is 13.5 Å². The van der Waals surface area contributed by atoms with E-state index in [1.807, 2.05) is 37.4 Å². The summed E-state index contributed by atoms with van der Waals surface area (Å²) >= 11 is 12.4. The Morgan fingerprint density at radius 2 is 1.76 bits per heavy atom. The second kappa shape index (κ2) is 5.68. The summed E-state index contributed by atoms with van der Waals surface area (Å²) in [6.45, 7) is 0. The highest BCUT2D eigenvalue weighted by Gasteiger charge is 2.17. The van der Waals surface area contributed by atoms with E-state index >= 15 is 0 Å². The Kier molecular flexibility index (Phi) is 3.89. The Bertz CT molecular complexity index is 775. The fraction of sp³-hybridized carbons (Fsp3) is 0.188. The minimum Gasteiger partial charge on any atom is -0.331 e. The number of hydrogen-bond donors (Lipinski definition) is 1. The van der Waals surface area contributed by atoms with Gasteiger partial charge in [0, 0.05) is 35.1 Å².